The number of hydrogen-bond acceptors (Lipinski definition) is 2. The summed E-state index contributed by atoms with van der Waals surface area (Å²) in [5.41, 5.74) is 9.38. The predicted molar refractivity (Wildman–Crippen MR) is 102 cm³/mol. The number of hydrogen-bond donors (Lipinski definition) is 2. The van der Waals surface area contributed by atoms with Gasteiger partial charge in [-0.05, 0) is 36.2 Å². The molecular weight excluding hydrogens is 362 g/mol. The molecule has 2 aromatic carbocycles. The van der Waals surface area contributed by atoms with Crippen molar-refractivity contribution in [2.45, 2.75) is 25.2 Å². The number of imidazole rings is 1. The molecule has 3 aromatic rings. The Hall–Kier alpha value is -1.91. The van der Waals surface area contributed by atoms with Gasteiger partial charge in [0.15, 0.2) is 0 Å². The summed E-state index contributed by atoms with van der Waals surface area (Å²) in [5, 5.41) is 0. The standard InChI is InChI=1S/C20H22BrN3/c21-17-8-4-7-16(13-17)19(15-5-2-1-3-6-15)9-10-20-23-14-18(24-20)11-12-22/h1-8,13-14,19H,9-12,22H2,(H,23,24). The molecular formula is C20H22BrN3. The lowest BCUT2D eigenvalue weighted by Gasteiger charge is -2.18. The molecule has 0 aliphatic heterocycles. The van der Waals surface area contributed by atoms with Crippen LogP contribution in [0, 0.1) is 0 Å². The van der Waals surface area contributed by atoms with E-state index in [0.717, 1.165) is 35.3 Å². The number of aromatic nitrogens is 2. The summed E-state index contributed by atoms with van der Waals surface area (Å²) in [6.45, 7) is 0.645. The molecule has 124 valence electrons. The van der Waals surface area contributed by atoms with Gasteiger partial charge in [0.2, 0.25) is 0 Å². The summed E-state index contributed by atoms with van der Waals surface area (Å²) < 4.78 is 1.11. The predicted octanol–water partition coefficient (Wildman–Crippen LogP) is 4.44. The Kier molecular flexibility index (Phi) is 5.83. The van der Waals surface area contributed by atoms with Gasteiger partial charge in [-0.3, -0.25) is 0 Å². The summed E-state index contributed by atoms with van der Waals surface area (Å²) in [6.07, 6.45) is 4.67. The Balaban J connectivity index is 1.79. The van der Waals surface area contributed by atoms with Crippen molar-refractivity contribution in [3.63, 3.8) is 0 Å². The highest BCUT2D eigenvalue weighted by molar-refractivity contribution is 9.10. The number of halogens is 1. The minimum absolute atomic E-state index is 0.353. The van der Waals surface area contributed by atoms with Gasteiger partial charge in [0.05, 0.1) is 0 Å². The number of aromatic amines is 1. The maximum atomic E-state index is 5.61. The van der Waals surface area contributed by atoms with Gasteiger partial charge >= 0.3 is 0 Å². The lowest BCUT2D eigenvalue weighted by atomic mass is 9.87. The number of rotatable bonds is 7. The summed E-state index contributed by atoms with van der Waals surface area (Å²) >= 11 is 3.59. The molecule has 3 N–H and O–H groups in total. The summed E-state index contributed by atoms with van der Waals surface area (Å²) in [5.74, 6) is 1.39. The molecule has 1 heterocycles. The van der Waals surface area contributed by atoms with Crippen molar-refractivity contribution in [1.29, 1.82) is 0 Å². The van der Waals surface area contributed by atoms with E-state index in [9.17, 15) is 0 Å². The van der Waals surface area contributed by atoms with E-state index < -0.39 is 0 Å². The fourth-order valence-electron chi connectivity index (χ4n) is 3.03. The topological polar surface area (TPSA) is 54.7 Å². The van der Waals surface area contributed by atoms with Crippen molar-refractivity contribution in [3.8, 4) is 0 Å². The van der Waals surface area contributed by atoms with Crippen LogP contribution in [0.15, 0.2) is 65.3 Å². The second kappa shape index (κ2) is 8.27. The molecule has 1 unspecified atom stereocenters. The van der Waals surface area contributed by atoms with Crippen LogP contribution in [-0.2, 0) is 12.8 Å². The van der Waals surface area contributed by atoms with Crippen LogP contribution in [-0.4, -0.2) is 16.5 Å². The van der Waals surface area contributed by atoms with Gasteiger partial charge in [-0.2, -0.15) is 0 Å². The zero-order valence-corrected chi connectivity index (χ0v) is 15.2. The lowest BCUT2D eigenvalue weighted by Crippen LogP contribution is -2.05. The number of nitrogens with one attached hydrogen (secondary N) is 1. The van der Waals surface area contributed by atoms with Gasteiger partial charge in [0, 0.05) is 35.1 Å². The maximum absolute atomic E-state index is 5.61. The first-order valence-corrected chi connectivity index (χ1v) is 9.09. The molecule has 0 saturated carbocycles. The van der Waals surface area contributed by atoms with Crippen LogP contribution >= 0.6 is 15.9 Å². The van der Waals surface area contributed by atoms with Gasteiger partial charge in [0.25, 0.3) is 0 Å². The number of nitrogens with two attached hydrogens (primary N) is 1. The molecule has 3 nitrogen and oxygen atoms in total. The van der Waals surface area contributed by atoms with Crippen molar-refractivity contribution in [2.24, 2.45) is 5.73 Å². The van der Waals surface area contributed by atoms with Gasteiger partial charge in [-0.15, -0.1) is 0 Å². The van der Waals surface area contributed by atoms with E-state index in [4.69, 9.17) is 5.73 Å². The smallest absolute Gasteiger partial charge is 0.106 e. The average molecular weight is 384 g/mol. The van der Waals surface area contributed by atoms with Crippen LogP contribution in [0.3, 0.4) is 0 Å². The molecule has 0 radical (unpaired) electrons. The van der Waals surface area contributed by atoms with E-state index in [0.29, 0.717) is 12.5 Å². The van der Waals surface area contributed by atoms with Crippen LogP contribution in [0.4, 0.5) is 0 Å². The van der Waals surface area contributed by atoms with Crippen molar-refractivity contribution in [3.05, 3.63) is 87.9 Å². The molecule has 24 heavy (non-hydrogen) atoms. The Morgan fingerprint density at radius 1 is 1.00 bits per heavy atom. The second-order valence-electron chi connectivity index (χ2n) is 5.95. The molecule has 0 spiro atoms. The molecule has 0 saturated heterocycles. The Morgan fingerprint density at radius 2 is 1.79 bits per heavy atom. The normalized spacial score (nSPS) is 12.2. The van der Waals surface area contributed by atoms with E-state index in [2.05, 4.69) is 80.5 Å². The average Bonchev–Trinajstić information content (AvgIpc) is 3.04. The highest BCUT2D eigenvalue weighted by Gasteiger charge is 2.15. The van der Waals surface area contributed by atoms with Crippen LogP contribution < -0.4 is 5.73 Å². The Morgan fingerprint density at radius 3 is 2.54 bits per heavy atom. The highest BCUT2D eigenvalue weighted by Crippen LogP contribution is 2.30. The van der Waals surface area contributed by atoms with E-state index in [1.165, 1.54) is 11.1 Å². The first-order chi connectivity index (χ1) is 11.8. The third kappa shape index (κ3) is 4.34. The quantitative estimate of drug-likeness (QED) is 0.633. The molecule has 0 fully saturated rings. The number of nitrogens with zero attached hydrogens (tertiary/aromatic N) is 1. The molecule has 0 bridgehead atoms. The number of aryl methyl sites for hydroxylation is 1. The Bertz CT molecular complexity index is 767. The number of benzene rings is 2. The van der Waals surface area contributed by atoms with E-state index in [1.807, 2.05) is 6.20 Å². The fraction of sp³-hybridized carbons (Fsp3) is 0.250. The van der Waals surface area contributed by atoms with Crippen molar-refractivity contribution in [2.75, 3.05) is 6.54 Å². The van der Waals surface area contributed by atoms with Crippen molar-refractivity contribution >= 4 is 15.9 Å². The number of H-pyrrole nitrogens is 1. The van der Waals surface area contributed by atoms with Crippen LogP contribution in [0.25, 0.3) is 0 Å². The van der Waals surface area contributed by atoms with Gasteiger partial charge in [0.1, 0.15) is 5.82 Å². The molecule has 1 aromatic heterocycles. The minimum Gasteiger partial charge on any atom is -0.346 e. The lowest BCUT2D eigenvalue weighted by molar-refractivity contribution is 0.693. The van der Waals surface area contributed by atoms with Gasteiger partial charge in [-0.25, -0.2) is 4.98 Å². The summed E-state index contributed by atoms with van der Waals surface area (Å²) in [6, 6.07) is 19.2. The molecule has 4 heteroatoms. The van der Waals surface area contributed by atoms with E-state index in [1.54, 1.807) is 0 Å². The summed E-state index contributed by atoms with van der Waals surface area (Å²) in [7, 11) is 0. The van der Waals surface area contributed by atoms with Crippen molar-refractivity contribution < 1.29 is 0 Å². The largest absolute Gasteiger partial charge is 0.346 e. The molecule has 3 rings (SSSR count). The SMILES string of the molecule is NCCc1cnc(CCC(c2ccccc2)c2cccc(Br)c2)[nH]1. The van der Waals surface area contributed by atoms with Gasteiger partial charge in [-0.1, -0.05) is 58.4 Å². The second-order valence-corrected chi connectivity index (χ2v) is 6.87. The highest BCUT2D eigenvalue weighted by atomic mass is 79.9. The van der Waals surface area contributed by atoms with E-state index >= 15 is 0 Å². The third-order valence-electron chi connectivity index (χ3n) is 4.22. The van der Waals surface area contributed by atoms with Crippen molar-refractivity contribution in [1.82, 2.24) is 9.97 Å². The monoisotopic (exact) mass is 383 g/mol. The van der Waals surface area contributed by atoms with Crippen LogP contribution in [0.2, 0.25) is 0 Å². The first-order valence-electron chi connectivity index (χ1n) is 8.29. The first kappa shape index (κ1) is 16.9. The zero-order valence-electron chi connectivity index (χ0n) is 13.6. The molecule has 0 aliphatic carbocycles. The Labute approximate surface area is 151 Å². The molecule has 1 atom stereocenters. The minimum atomic E-state index is 0.353. The molecule has 0 aliphatic rings. The summed E-state index contributed by atoms with van der Waals surface area (Å²) in [4.78, 5) is 7.87. The zero-order chi connectivity index (χ0) is 16.8. The van der Waals surface area contributed by atoms with Crippen LogP contribution in [0.1, 0.15) is 35.0 Å². The molecule has 0 amide bonds. The fourth-order valence-corrected chi connectivity index (χ4v) is 3.45. The maximum Gasteiger partial charge on any atom is 0.106 e. The van der Waals surface area contributed by atoms with Gasteiger partial charge < -0.3 is 10.7 Å². The van der Waals surface area contributed by atoms with E-state index in [-0.39, 0.29) is 0 Å². The van der Waals surface area contributed by atoms with Crippen LogP contribution in [0.5, 0.6) is 0 Å². The third-order valence-corrected chi connectivity index (χ3v) is 4.71.